The van der Waals surface area contributed by atoms with E-state index >= 15 is 0 Å². The molecule has 1 heterocycles. The van der Waals surface area contributed by atoms with Gasteiger partial charge in [0.05, 0.1) is 0 Å². The third-order valence-corrected chi connectivity index (χ3v) is 1.47. The molecule has 0 aliphatic carbocycles. The van der Waals surface area contributed by atoms with Gasteiger partial charge in [0.15, 0.2) is 0 Å². The van der Waals surface area contributed by atoms with E-state index in [0.717, 1.165) is 0 Å². The van der Waals surface area contributed by atoms with Gasteiger partial charge >= 0.3 is 5.97 Å². The maximum Gasteiger partial charge on any atom is 0.310 e. The summed E-state index contributed by atoms with van der Waals surface area (Å²) in [7, 11) is 0. The number of nitrogens with one attached hydrogen (secondary N) is 1. The summed E-state index contributed by atoms with van der Waals surface area (Å²) in [6.45, 7) is 3.42. The van der Waals surface area contributed by atoms with Crippen LogP contribution in [0.2, 0.25) is 0 Å². The van der Waals surface area contributed by atoms with Gasteiger partial charge in [0, 0.05) is 24.2 Å². The highest BCUT2D eigenvalue weighted by molar-refractivity contribution is 5.71. The number of hydrogen-bond acceptors (Lipinski definition) is 3. The van der Waals surface area contributed by atoms with Gasteiger partial charge in [-0.1, -0.05) is 6.92 Å². The van der Waals surface area contributed by atoms with E-state index in [9.17, 15) is 9.59 Å². The lowest BCUT2D eigenvalue weighted by atomic mass is 10.3. The molecule has 1 N–H and O–H groups in total. The number of hydrogen-bond donors (Lipinski definition) is 1. The predicted molar refractivity (Wildman–Crippen MR) is 47.7 cm³/mol. The fraction of sp³-hybridized carbons (Fsp3) is 0.333. The van der Waals surface area contributed by atoms with Crippen molar-refractivity contribution in [1.29, 1.82) is 0 Å². The van der Waals surface area contributed by atoms with Crippen LogP contribution in [0.3, 0.4) is 0 Å². The quantitative estimate of drug-likeness (QED) is 0.692. The Morgan fingerprint density at radius 2 is 2.23 bits per heavy atom. The average Bonchev–Trinajstić information content (AvgIpc) is 2.02. The van der Waals surface area contributed by atoms with Crippen molar-refractivity contribution < 1.29 is 9.53 Å². The lowest BCUT2D eigenvalue weighted by Crippen LogP contribution is -2.10. The highest BCUT2D eigenvalue weighted by Gasteiger charge is 2.02. The number of aryl methyl sites for hydroxylation is 1. The normalized spacial score (nSPS) is 9.69. The van der Waals surface area contributed by atoms with Crippen LogP contribution < -0.4 is 10.3 Å². The molecule has 13 heavy (non-hydrogen) atoms. The Labute approximate surface area is 75.5 Å². The minimum absolute atomic E-state index is 0.265. The highest BCUT2D eigenvalue weighted by atomic mass is 16.5. The van der Waals surface area contributed by atoms with Crippen molar-refractivity contribution in [3.8, 4) is 5.75 Å². The molecule has 0 aliphatic rings. The molecule has 0 amide bonds. The van der Waals surface area contributed by atoms with Gasteiger partial charge in [-0.25, -0.2) is 0 Å². The molecule has 0 radical (unpaired) electrons. The number of aromatic nitrogens is 1. The number of aromatic amines is 1. The standard InChI is InChI=1S/C9H11NO3/c1-3-9(12)13-7-4-6(2)10-8(11)5-7/h4-5H,3H2,1-2H3,(H,10,11). The van der Waals surface area contributed by atoms with E-state index < -0.39 is 0 Å². The Bertz CT molecular complexity index is 367. The molecule has 70 valence electrons. The Morgan fingerprint density at radius 1 is 1.54 bits per heavy atom. The summed E-state index contributed by atoms with van der Waals surface area (Å²) in [4.78, 5) is 24.4. The number of H-pyrrole nitrogens is 1. The highest BCUT2D eigenvalue weighted by Crippen LogP contribution is 2.08. The van der Waals surface area contributed by atoms with Gasteiger partial charge < -0.3 is 9.72 Å². The van der Waals surface area contributed by atoms with E-state index in [4.69, 9.17) is 4.74 Å². The summed E-state index contributed by atoms with van der Waals surface area (Å²) in [5, 5.41) is 0. The predicted octanol–water partition coefficient (Wildman–Crippen LogP) is 0.999. The van der Waals surface area contributed by atoms with Gasteiger partial charge in [-0.3, -0.25) is 9.59 Å². The third kappa shape index (κ3) is 2.74. The molecular weight excluding hydrogens is 170 g/mol. The minimum atomic E-state index is -0.343. The molecule has 4 nitrogen and oxygen atoms in total. The summed E-state index contributed by atoms with van der Waals surface area (Å²) >= 11 is 0. The lowest BCUT2D eigenvalue weighted by Gasteiger charge is -2.01. The number of ether oxygens (including phenoxy) is 1. The van der Waals surface area contributed by atoms with Gasteiger partial charge in [-0.2, -0.15) is 0 Å². The molecule has 0 spiro atoms. The summed E-state index contributed by atoms with van der Waals surface area (Å²) in [5.41, 5.74) is 0.408. The van der Waals surface area contributed by atoms with Crippen molar-refractivity contribution in [3.05, 3.63) is 28.2 Å². The van der Waals surface area contributed by atoms with Gasteiger partial charge in [0.1, 0.15) is 5.75 Å². The second kappa shape index (κ2) is 3.89. The summed E-state index contributed by atoms with van der Waals surface area (Å²) in [6, 6.07) is 2.86. The Kier molecular flexibility index (Phi) is 2.84. The van der Waals surface area contributed by atoms with E-state index in [1.807, 2.05) is 0 Å². The van der Waals surface area contributed by atoms with Crippen LogP contribution in [0.4, 0.5) is 0 Å². The fourth-order valence-corrected chi connectivity index (χ4v) is 0.913. The third-order valence-electron chi connectivity index (χ3n) is 1.47. The molecular formula is C9H11NO3. The molecule has 0 aliphatic heterocycles. The summed E-state index contributed by atoms with van der Waals surface area (Å²) < 4.78 is 4.87. The summed E-state index contributed by atoms with van der Waals surface area (Å²) in [6.07, 6.45) is 0.297. The van der Waals surface area contributed by atoms with Crippen molar-refractivity contribution >= 4 is 5.97 Å². The average molecular weight is 181 g/mol. The van der Waals surface area contributed by atoms with Crippen molar-refractivity contribution in [3.63, 3.8) is 0 Å². The first-order valence-electron chi connectivity index (χ1n) is 4.03. The van der Waals surface area contributed by atoms with Crippen LogP contribution >= 0.6 is 0 Å². The Balaban J connectivity index is 2.89. The van der Waals surface area contributed by atoms with Crippen LogP contribution in [0.1, 0.15) is 19.0 Å². The maximum absolute atomic E-state index is 10.9. The first kappa shape index (κ1) is 9.51. The van der Waals surface area contributed by atoms with Crippen LogP contribution in [0, 0.1) is 6.92 Å². The lowest BCUT2D eigenvalue weighted by molar-refractivity contribution is -0.134. The number of esters is 1. The maximum atomic E-state index is 10.9. The van der Waals surface area contributed by atoms with Crippen molar-refractivity contribution in [1.82, 2.24) is 4.98 Å². The van der Waals surface area contributed by atoms with Crippen LogP contribution in [0.15, 0.2) is 16.9 Å². The van der Waals surface area contributed by atoms with E-state index in [1.54, 1.807) is 19.9 Å². The van der Waals surface area contributed by atoms with Gasteiger partial charge in [-0.05, 0) is 6.92 Å². The first-order valence-corrected chi connectivity index (χ1v) is 4.03. The van der Waals surface area contributed by atoms with Crippen LogP contribution in [0.25, 0.3) is 0 Å². The van der Waals surface area contributed by atoms with Gasteiger partial charge in [0.2, 0.25) is 0 Å². The molecule has 0 bridgehead atoms. The second-order valence-corrected chi connectivity index (χ2v) is 2.69. The van der Waals surface area contributed by atoms with E-state index in [2.05, 4.69) is 4.98 Å². The SMILES string of the molecule is CCC(=O)Oc1cc(C)[nH]c(=O)c1. The van der Waals surface area contributed by atoms with E-state index in [0.29, 0.717) is 17.9 Å². The number of carbonyl (C=O) groups excluding carboxylic acids is 1. The molecule has 0 atom stereocenters. The summed E-state index contributed by atoms with van der Waals surface area (Å²) in [5.74, 6) is -0.0434. The molecule has 1 aromatic rings. The van der Waals surface area contributed by atoms with Crippen LogP contribution in [0.5, 0.6) is 5.75 Å². The minimum Gasteiger partial charge on any atom is -0.426 e. The Morgan fingerprint density at radius 3 is 2.77 bits per heavy atom. The number of pyridine rings is 1. The molecule has 0 saturated carbocycles. The van der Waals surface area contributed by atoms with Gasteiger partial charge in [-0.15, -0.1) is 0 Å². The molecule has 0 fully saturated rings. The van der Waals surface area contributed by atoms with Crippen molar-refractivity contribution in [2.75, 3.05) is 0 Å². The zero-order chi connectivity index (χ0) is 9.84. The monoisotopic (exact) mass is 181 g/mol. The van der Waals surface area contributed by atoms with Crippen molar-refractivity contribution in [2.24, 2.45) is 0 Å². The fourth-order valence-electron chi connectivity index (χ4n) is 0.913. The van der Waals surface area contributed by atoms with E-state index in [-0.39, 0.29) is 11.5 Å². The van der Waals surface area contributed by atoms with Gasteiger partial charge in [0.25, 0.3) is 5.56 Å². The number of carbonyl (C=O) groups is 1. The first-order chi connectivity index (χ1) is 6.11. The molecule has 0 saturated heterocycles. The van der Waals surface area contributed by atoms with Crippen LogP contribution in [-0.2, 0) is 4.79 Å². The zero-order valence-electron chi connectivity index (χ0n) is 7.59. The Hall–Kier alpha value is -1.58. The second-order valence-electron chi connectivity index (χ2n) is 2.69. The molecule has 1 aromatic heterocycles. The number of rotatable bonds is 2. The molecule has 0 unspecified atom stereocenters. The van der Waals surface area contributed by atoms with Crippen molar-refractivity contribution in [2.45, 2.75) is 20.3 Å². The van der Waals surface area contributed by atoms with E-state index in [1.165, 1.54) is 6.07 Å². The molecule has 0 aromatic carbocycles. The van der Waals surface area contributed by atoms with Crippen LogP contribution in [-0.4, -0.2) is 11.0 Å². The largest absolute Gasteiger partial charge is 0.426 e. The topological polar surface area (TPSA) is 59.2 Å². The molecule has 1 rings (SSSR count). The zero-order valence-corrected chi connectivity index (χ0v) is 7.59. The molecule has 4 heteroatoms. The smallest absolute Gasteiger partial charge is 0.310 e.